The molecule has 0 bridgehead atoms. The second kappa shape index (κ2) is 8.39. The average molecular weight is 338 g/mol. The molecule has 0 atom stereocenters. The summed E-state index contributed by atoms with van der Waals surface area (Å²) in [6.07, 6.45) is 0.665. The van der Waals surface area contributed by atoms with Gasteiger partial charge < -0.3 is 14.5 Å². The summed E-state index contributed by atoms with van der Waals surface area (Å²) in [6, 6.07) is 16.6. The van der Waals surface area contributed by atoms with Gasteiger partial charge in [-0.2, -0.15) is 10.2 Å². The molecule has 1 saturated heterocycles. The molecule has 0 unspecified atom stereocenters. The molecule has 25 heavy (non-hydrogen) atoms. The van der Waals surface area contributed by atoms with E-state index in [0.717, 1.165) is 31.7 Å². The van der Waals surface area contributed by atoms with Gasteiger partial charge >= 0.3 is 6.09 Å². The number of carbonyl (C=O) groups excluding carboxylic acids is 1. The Morgan fingerprint density at radius 2 is 1.56 bits per heavy atom. The van der Waals surface area contributed by atoms with E-state index in [4.69, 9.17) is 4.74 Å². The lowest BCUT2D eigenvalue weighted by Gasteiger charge is -2.19. The molecular formula is C19H22N4O2. The first-order valence-electron chi connectivity index (χ1n) is 8.43. The standard InChI is InChI=1S/C19H22N4O2/c1-22-12-5-13-23(15-14-22)19(24)25-18-10-8-17(9-11-18)21-20-16-6-3-2-4-7-16/h2-4,6-11H,5,12-15H2,1H3. The number of likely N-dealkylation sites (N-methyl/N-ethyl adjacent to an activating group) is 1. The lowest BCUT2D eigenvalue weighted by molar-refractivity contribution is 0.154. The van der Waals surface area contributed by atoms with Crippen molar-refractivity contribution in [2.75, 3.05) is 33.2 Å². The second-order valence-corrected chi connectivity index (χ2v) is 6.04. The topological polar surface area (TPSA) is 57.5 Å². The molecule has 2 aromatic rings. The van der Waals surface area contributed by atoms with Crippen LogP contribution in [0.15, 0.2) is 64.8 Å². The number of hydrogen-bond acceptors (Lipinski definition) is 5. The van der Waals surface area contributed by atoms with E-state index in [9.17, 15) is 4.79 Å². The van der Waals surface area contributed by atoms with Crippen LogP contribution in [0.4, 0.5) is 16.2 Å². The maximum atomic E-state index is 12.3. The van der Waals surface area contributed by atoms with Crippen molar-refractivity contribution in [3.05, 3.63) is 54.6 Å². The molecule has 1 amide bonds. The maximum Gasteiger partial charge on any atom is 0.415 e. The van der Waals surface area contributed by atoms with Gasteiger partial charge in [0, 0.05) is 19.6 Å². The molecule has 1 aliphatic rings. The molecule has 6 heteroatoms. The van der Waals surface area contributed by atoms with Crippen molar-refractivity contribution in [1.82, 2.24) is 9.80 Å². The minimum atomic E-state index is -0.297. The first kappa shape index (κ1) is 17.1. The number of nitrogens with zero attached hydrogens (tertiary/aromatic N) is 4. The normalized spacial score (nSPS) is 16.0. The first-order chi connectivity index (χ1) is 12.2. The summed E-state index contributed by atoms with van der Waals surface area (Å²) in [7, 11) is 2.07. The van der Waals surface area contributed by atoms with E-state index in [2.05, 4.69) is 22.2 Å². The first-order valence-corrected chi connectivity index (χ1v) is 8.43. The molecule has 0 N–H and O–H groups in total. The number of azo groups is 1. The quantitative estimate of drug-likeness (QED) is 0.787. The Morgan fingerprint density at radius 1 is 0.880 bits per heavy atom. The zero-order valence-corrected chi connectivity index (χ0v) is 14.3. The number of rotatable bonds is 3. The van der Waals surface area contributed by atoms with Crippen molar-refractivity contribution in [3.8, 4) is 5.75 Å². The highest BCUT2D eigenvalue weighted by Gasteiger charge is 2.19. The van der Waals surface area contributed by atoms with E-state index in [-0.39, 0.29) is 6.09 Å². The number of carbonyl (C=O) groups is 1. The molecular weight excluding hydrogens is 316 g/mol. The highest BCUT2D eigenvalue weighted by molar-refractivity contribution is 5.70. The van der Waals surface area contributed by atoms with Crippen LogP contribution >= 0.6 is 0 Å². The van der Waals surface area contributed by atoms with Crippen LogP contribution in [0.2, 0.25) is 0 Å². The van der Waals surface area contributed by atoms with Gasteiger partial charge in [0.2, 0.25) is 0 Å². The van der Waals surface area contributed by atoms with Gasteiger partial charge in [0.25, 0.3) is 0 Å². The van der Waals surface area contributed by atoms with E-state index in [1.165, 1.54) is 0 Å². The van der Waals surface area contributed by atoms with E-state index in [0.29, 0.717) is 18.0 Å². The maximum absolute atomic E-state index is 12.3. The van der Waals surface area contributed by atoms with Gasteiger partial charge in [-0.3, -0.25) is 0 Å². The zero-order chi connectivity index (χ0) is 17.5. The summed E-state index contributed by atoms with van der Waals surface area (Å²) >= 11 is 0. The van der Waals surface area contributed by atoms with E-state index >= 15 is 0 Å². The molecule has 0 aliphatic carbocycles. The third kappa shape index (κ3) is 5.12. The molecule has 1 aliphatic heterocycles. The van der Waals surface area contributed by atoms with Gasteiger partial charge in [-0.05, 0) is 56.4 Å². The number of hydrogen-bond donors (Lipinski definition) is 0. The number of benzene rings is 2. The van der Waals surface area contributed by atoms with Crippen LogP contribution in [0.5, 0.6) is 5.75 Å². The molecule has 0 saturated carbocycles. The van der Waals surface area contributed by atoms with E-state index in [1.807, 2.05) is 30.3 Å². The largest absolute Gasteiger partial charge is 0.415 e. The summed E-state index contributed by atoms with van der Waals surface area (Å²) in [6.45, 7) is 3.30. The van der Waals surface area contributed by atoms with Crippen molar-refractivity contribution in [3.63, 3.8) is 0 Å². The molecule has 0 spiro atoms. The van der Waals surface area contributed by atoms with Crippen molar-refractivity contribution in [1.29, 1.82) is 0 Å². The van der Waals surface area contributed by atoms with Gasteiger partial charge in [0.15, 0.2) is 0 Å². The number of ether oxygens (including phenoxy) is 1. The van der Waals surface area contributed by atoms with Crippen LogP contribution in [-0.4, -0.2) is 49.1 Å². The molecule has 0 radical (unpaired) electrons. The minimum absolute atomic E-state index is 0.297. The SMILES string of the molecule is CN1CCCN(C(=O)Oc2ccc(N=Nc3ccccc3)cc2)CC1. The monoisotopic (exact) mass is 338 g/mol. The Bertz CT molecular complexity index is 716. The fourth-order valence-electron chi connectivity index (χ4n) is 2.59. The zero-order valence-electron chi connectivity index (χ0n) is 14.3. The molecule has 0 aromatic heterocycles. The highest BCUT2D eigenvalue weighted by Crippen LogP contribution is 2.21. The third-order valence-corrected chi connectivity index (χ3v) is 4.06. The van der Waals surface area contributed by atoms with Gasteiger partial charge in [0.1, 0.15) is 5.75 Å². The van der Waals surface area contributed by atoms with Gasteiger partial charge in [-0.25, -0.2) is 4.79 Å². The lowest BCUT2D eigenvalue weighted by Crippen LogP contribution is -2.36. The summed E-state index contributed by atoms with van der Waals surface area (Å²) in [5.74, 6) is 0.515. The smallest absolute Gasteiger partial charge is 0.410 e. The molecule has 1 fully saturated rings. The Hall–Kier alpha value is -2.73. The second-order valence-electron chi connectivity index (χ2n) is 6.04. The fourth-order valence-corrected chi connectivity index (χ4v) is 2.59. The van der Waals surface area contributed by atoms with Crippen LogP contribution in [0.25, 0.3) is 0 Å². The molecule has 6 nitrogen and oxygen atoms in total. The molecule has 3 rings (SSSR count). The summed E-state index contributed by atoms with van der Waals surface area (Å²) in [5, 5.41) is 8.34. The average Bonchev–Trinajstić information content (AvgIpc) is 2.87. The summed E-state index contributed by atoms with van der Waals surface area (Å²) < 4.78 is 5.46. The van der Waals surface area contributed by atoms with Crippen LogP contribution in [0.3, 0.4) is 0 Å². The van der Waals surface area contributed by atoms with E-state index in [1.54, 1.807) is 29.2 Å². The van der Waals surface area contributed by atoms with Crippen molar-refractivity contribution < 1.29 is 9.53 Å². The number of amides is 1. The predicted octanol–water partition coefficient (Wildman–Crippen LogP) is 4.24. The fraction of sp³-hybridized carbons (Fsp3) is 0.316. The lowest BCUT2D eigenvalue weighted by atomic mass is 10.3. The minimum Gasteiger partial charge on any atom is -0.410 e. The Morgan fingerprint density at radius 3 is 2.28 bits per heavy atom. The van der Waals surface area contributed by atoms with E-state index < -0.39 is 0 Å². The van der Waals surface area contributed by atoms with Crippen molar-refractivity contribution >= 4 is 17.5 Å². The van der Waals surface area contributed by atoms with Gasteiger partial charge in [0.05, 0.1) is 11.4 Å². The Balaban J connectivity index is 1.57. The summed E-state index contributed by atoms with van der Waals surface area (Å²) in [4.78, 5) is 16.2. The van der Waals surface area contributed by atoms with Crippen LogP contribution in [0, 0.1) is 0 Å². The van der Waals surface area contributed by atoms with Crippen LogP contribution in [-0.2, 0) is 0 Å². The van der Waals surface area contributed by atoms with Crippen LogP contribution in [0.1, 0.15) is 6.42 Å². The van der Waals surface area contributed by atoms with Crippen molar-refractivity contribution in [2.45, 2.75) is 6.42 Å². The van der Waals surface area contributed by atoms with Gasteiger partial charge in [-0.1, -0.05) is 18.2 Å². The third-order valence-electron chi connectivity index (χ3n) is 4.06. The molecule has 130 valence electrons. The van der Waals surface area contributed by atoms with Crippen LogP contribution < -0.4 is 4.74 Å². The highest BCUT2D eigenvalue weighted by atomic mass is 16.6. The Labute approximate surface area is 147 Å². The predicted molar refractivity (Wildman–Crippen MR) is 96.8 cm³/mol. The molecule has 1 heterocycles. The van der Waals surface area contributed by atoms with Gasteiger partial charge in [-0.15, -0.1) is 0 Å². The van der Waals surface area contributed by atoms with Crippen molar-refractivity contribution in [2.24, 2.45) is 10.2 Å². The summed E-state index contributed by atoms with van der Waals surface area (Å²) in [5.41, 5.74) is 1.50. The Kier molecular flexibility index (Phi) is 5.74. The molecule has 2 aromatic carbocycles.